The van der Waals surface area contributed by atoms with E-state index in [1.165, 1.54) is 0 Å². The van der Waals surface area contributed by atoms with E-state index in [4.69, 9.17) is 4.74 Å². The zero-order valence-electron chi connectivity index (χ0n) is 11.6. The monoisotopic (exact) mass is 281 g/mol. The second-order valence-electron chi connectivity index (χ2n) is 4.78. The van der Waals surface area contributed by atoms with Crippen LogP contribution in [0.5, 0.6) is 5.75 Å². The van der Waals surface area contributed by atoms with Crippen molar-refractivity contribution in [1.82, 2.24) is 4.98 Å². The van der Waals surface area contributed by atoms with Gasteiger partial charge in [-0.1, -0.05) is 18.2 Å². The summed E-state index contributed by atoms with van der Waals surface area (Å²) in [6.45, 7) is -0.124. The number of benzene rings is 2. The summed E-state index contributed by atoms with van der Waals surface area (Å²) < 4.78 is 5.16. The van der Waals surface area contributed by atoms with Crippen molar-refractivity contribution in [1.29, 1.82) is 0 Å². The second kappa shape index (κ2) is 5.42. The van der Waals surface area contributed by atoms with Crippen LogP contribution in [0.3, 0.4) is 0 Å². The van der Waals surface area contributed by atoms with Crippen molar-refractivity contribution < 1.29 is 9.84 Å². The summed E-state index contributed by atoms with van der Waals surface area (Å²) in [6, 6.07) is 14.7. The lowest BCUT2D eigenvalue weighted by Gasteiger charge is -2.10. The van der Waals surface area contributed by atoms with Gasteiger partial charge in [-0.15, -0.1) is 0 Å². The zero-order chi connectivity index (χ0) is 14.8. The van der Waals surface area contributed by atoms with Gasteiger partial charge in [0.2, 0.25) is 0 Å². The number of rotatable bonds is 3. The highest BCUT2D eigenvalue weighted by molar-refractivity contribution is 5.85. The van der Waals surface area contributed by atoms with Crippen molar-refractivity contribution in [3.63, 3.8) is 0 Å². The number of hydrogen-bond donors (Lipinski definition) is 2. The van der Waals surface area contributed by atoms with Gasteiger partial charge < -0.3 is 14.8 Å². The van der Waals surface area contributed by atoms with Gasteiger partial charge in [-0.25, -0.2) is 0 Å². The number of fused-ring (bicyclic) bond motifs is 1. The molecule has 0 fully saturated rings. The van der Waals surface area contributed by atoms with Crippen molar-refractivity contribution in [3.8, 4) is 17.0 Å². The number of ether oxygens (including phenoxy) is 1. The summed E-state index contributed by atoms with van der Waals surface area (Å²) in [6.07, 6.45) is 0. The smallest absolute Gasteiger partial charge is 0.256 e. The molecule has 0 radical (unpaired) electrons. The Hall–Kier alpha value is -2.59. The van der Waals surface area contributed by atoms with Crippen LogP contribution in [0.15, 0.2) is 53.3 Å². The van der Waals surface area contributed by atoms with Crippen molar-refractivity contribution in [3.05, 3.63) is 64.4 Å². The zero-order valence-corrected chi connectivity index (χ0v) is 11.6. The third-order valence-corrected chi connectivity index (χ3v) is 3.53. The molecular formula is C17H15NO3. The van der Waals surface area contributed by atoms with Crippen LogP contribution in [0.2, 0.25) is 0 Å². The maximum absolute atomic E-state index is 12.2. The molecule has 0 unspecified atom stereocenters. The number of pyridine rings is 1. The normalized spacial score (nSPS) is 10.8. The Morgan fingerprint density at radius 2 is 1.95 bits per heavy atom. The van der Waals surface area contributed by atoms with Crippen molar-refractivity contribution in [2.45, 2.75) is 6.61 Å². The minimum absolute atomic E-state index is 0.124. The molecule has 2 N–H and O–H groups in total. The summed E-state index contributed by atoms with van der Waals surface area (Å²) in [5.41, 5.74) is 2.05. The molecule has 106 valence electrons. The van der Waals surface area contributed by atoms with Crippen LogP contribution in [-0.4, -0.2) is 17.2 Å². The van der Waals surface area contributed by atoms with E-state index < -0.39 is 0 Å². The van der Waals surface area contributed by atoms with E-state index in [1.54, 1.807) is 19.2 Å². The van der Waals surface area contributed by atoms with Gasteiger partial charge in [-0.2, -0.15) is 0 Å². The fourth-order valence-corrected chi connectivity index (χ4v) is 2.45. The second-order valence-corrected chi connectivity index (χ2v) is 4.78. The lowest BCUT2D eigenvalue weighted by molar-refractivity contribution is 0.281. The molecule has 0 saturated carbocycles. The molecular weight excluding hydrogens is 266 g/mol. The fourth-order valence-electron chi connectivity index (χ4n) is 2.45. The number of H-pyrrole nitrogens is 1. The Morgan fingerprint density at radius 3 is 2.71 bits per heavy atom. The lowest BCUT2D eigenvalue weighted by atomic mass is 10.0. The van der Waals surface area contributed by atoms with Crippen LogP contribution >= 0.6 is 0 Å². The molecule has 4 heteroatoms. The Balaban J connectivity index is 2.23. The molecule has 0 aliphatic rings. The van der Waals surface area contributed by atoms with Gasteiger partial charge in [0, 0.05) is 16.6 Å². The van der Waals surface area contributed by atoms with Crippen LogP contribution < -0.4 is 10.3 Å². The summed E-state index contributed by atoms with van der Waals surface area (Å²) in [5.74, 6) is 0.672. The third-order valence-electron chi connectivity index (χ3n) is 3.53. The molecule has 3 rings (SSSR count). The predicted octanol–water partition coefficient (Wildman–Crippen LogP) is 2.70. The van der Waals surface area contributed by atoms with Crippen molar-refractivity contribution in [2.75, 3.05) is 7.11 Å². The van der Waals surface area contributed by atoms with E-state index in [0.717, 1.165) is 10.9 Å². The van der Waals surface area contributed by atoms with E-state index in [1.807, 2.05) is 36.4 Å². The highest BCUT2D eigenvalue weighted by atomic mass is 16.5. The molecule has 0 amide bonds. The van der Waals surface area contributed by atoms with E-state index in [2.05, 4.69) is 4.98 Å². The van der Waals surface area contributed by atoms with Gasteiger partial charge >= 0.3 is 0 Å². The molecule has 1 heterocycles. The van der Waals surface area contributed by atoms with Crippen LogP contribution in [0.4, 0.5) is 0 Å². The molecule has 0 aliphatic heterocycles. The van der Waals surface area contributed by atoms with Crippen molar-refractivity contribution >= 4 is 10.8 Å². The van der Waals surface area contributed by atoms with E-state index in [9.17, 15) is 9.90 Å². The SMILES string of the molecule is COc1ccc(-c2cc3ccccc3c(=O)[nH]2)c(CO)c1. The largest absolute Gasteiger partial charge is 0.497 e. The number of aliphatic hydroxyl groups excluding tert-OH is 1. The number of aromatic amines is 1. The third kappa shape index (κ3) is 2.41. The van der Waals surface area contributed by atoms with Gasteiger partial charge in [0.1, 0.15) is 5.75 Å². The quantitative estimate of drug-likeness (QED) is 0.776. The van der Waals surface area contributed by atoms with Gasteiger partial charge in [-0.05, 0) is 41.3 Å². The fraction of sp³-hybridized carbons (Fsp3) is 0.118. The molecule has 0 bridgehead atoms. The Bertz CT molecular complexity index is 852. The summed E-state index contributed by atoms with van der Waals surface area (Å²) >= 11 is 0. The van der Waals surface area contributed by atoms with Crippen LogP contribution in [-0.2, 0) is 6.61 Å². The molecule has 2 aromatic carbocycles. The van der Waals surface area contributed by atoms with Crippen molar-refractivity contribution in [2.24, 2.45) is 0 Å². The van der Waals surface area contributed by atoms with Crippen LogP contribution in [0.25, 0.3) is 22.0 Å². The predicted molar refractivity (Wildman–Crippen MR) is 82.5 cm³/mol. The highest BCUT2D eigenvalue weighted by Crippen LogP contribution is 2.27. The molecule has 0 aliphatic carbocycles. The Morgan fingerprint density at radius 1 is 1.14 bits per heavy atom. The molecule has 0 spiro atoms. The first kappa shape index (κ1) is 13.4. The standard InChI is InChI=1S/C17H15NO3/c1-21-13-6-7-14(12(8-13)10-19)16-9-11-4-2-3-5-15(11)17(20)18-16/h2-9,19H,10H2,1H3,(H,18,20). The lowest BCUT2D eigenvalue weighted by Crippen LogP contribution is -2.07. The van der Waals surface area contributed by atoms with E-state index >= 15 is 0 Å². The highest BCUT2D eigenvalue weighted by Gasteiger charge is 2.09. The maximum atomic E-state index is 12.2. The van der Waals surface area contributed by atoms with Crippen LogP contribution in [0.1, 0.15) is 5.56 Å². The van der Waals surface area contributed by atoms with Gasteiger partial charge in [-0.3, -0.25) is 4.79 Å². The summed E-state index contributed by atoms with van der Waals surface area (Å²) in [4.78, 5) is 15.0. The maximum Gasteiger partial charge on any atom is 0.256 e. The number of nitrogens with one attached hydrogen (secondary N) is 1. The van der Waals surface area contributed by atoms with Gasteiger partial charge in [0.25, 0.3) is 5.56 Å². The molecule has 1 aromatic heterocycles. The number of hydrogen-bond acceptors (Lipinski definition) is 3. The number of methoxy groups -OCH3 is 1. The minimum atomic E-state index is -0.136. The average molecular weight is 281 g/mol. The molecule has 4 nitrogen and oxygen atoms in total. The molecule has 0 atom stereocenters. The number of aromatic nitrogens is 1. The first-order valence-electron chi connectivity index (χ1n) is 6.63. The molecule has 21 heavy (non-hydrogen) atoms. The first-order valence-corrected chi connectivity index (χ1v) is 6.63. The first-order chi connectivity index (χ1) is 10.2. The van der Waals surface area contributed by atoms with Crippen LogP contribution in [0, 0.1) is 0 Å². The minimum Gasteiger partial charge on any atom is -0.497 e. The summed E-state index contributed by atoms with van der Waals surface area (Å²) in [7, 11) is 1.58. The molecule has 0 saturated heterocycles. The Kier molecular flexibility index (Phi) is 3.46. The van der Waals surface area contributed by atoms with E-state index in [-0.39, 0.29) is 12.2 Å². The van der Waals surface area contributed by atoms with Gasteiger partial charge in [0.15, 0.2) is 0 Å². The number of aliphatic hydroxyl groups is 1. The topological polar surface area (TPSA) is 62.3 Å². The van der Waals surface area contributed by atoms with E-state index in [0.29, 0.717) is 22.4 Å². The van der Waals surface area contributed by atoms with Gasteiger partial charge in [0.05, 0.1) is 13.7 Å². The summed E-state index contributed by atoms with van der Waals surface area (Å²) in [5, 5.41) is 11.1. The average Bonchev–Trinajstić information content (AvgIpc) is 2.54. The molecule has 3 aromatic rings. The Labute approximate surface area is 121 Å².